The van der Waals surface area contributed by atoms with Gasteiger partial charge in [0.25, 0.3) is 0 Å². The van der Waals surface area contributed by atoms with Gasteiger partial charge in [0.05, 0.1) is 29.8 Å². The highest BCUT2D eigenvalue weighted by Crippen LogP contribution is 2.28. The van der Waals surface area contributed by atoms with E-state index in [-0.39, 0.29) is 0 Å². The van der Waals surface area contributed by atoms with Crippen LogP contribution in [0.2, 0.25) is 0 Å². The molecule has 0 saturated carbocycles. The van der Waals surface area contributed by atoms with E-state index in [2.05, 4.69) is 22.0 Å². The van der Waals surface area contributed by atoms with E-state index in [1.807, 2.05) is 55.5 Å². The lowest BCUT2D eigenvalue weighted by Gasteiger charge is -2.07. The average molecular weight is 358 g/mol. The lowest BCUT2D eigenvalue weighted by atomic mass is 10.0. The Kier molecular flexibility index (Phi) is 5.62. The minimum atomic E-state index is 0.596. The van der Waals surface area contributed by atoms with E-state index in [1.165, 1.54) is 0 Å². The largest absolute Gasteiger partial charge is 0.497 e. The molecule has 0 radical (unpaired) electrons. The normalized spacial score (nSPS) is 10.9. The first-order valence-corrected chi connectivity index (χ1v) is 7.65. The Bertz CT molecular complexity index is 715. The molecular weight excluding hydrogens is 342 g/mol. The van der Waals surface area contributed by atoms with Crippen LogP contribution in [0.5, 0.6) is 11.5 Å². The predicted octanol–water partition coefficient (Wildman–Crippen LogP) is 4.92. The number of hydrogen-bond acceptors (Lipinski definition) is 3. The zero-order valence-corrected chi connectivity index (χ0v) is 14.1. The second kappa shape index (κ2) is 7.67. The maximum Gasteiger partial charge on any atom is 0.133 e. The highest BCUT2D eigenvalue weighted by atomic mass is 79.9. The number of allylic oxidation sites excluding steroid dienone is 1. The van der Waals surface area contributed by atoms with E-state index >= 15 is 0 Å². The number of nitriles is 1. The van der Waals surface area contributed by atoms with Crippen molar-refractivity contribution in [1.29, 1.82) is 5.26 Å². The number of ether oxygens (including phenoxy) is 2. The van der Waals surface area contributed by atoms with Crippen LogP contribution in [0.15, 0.2) is 46.9 Å². The van der Waals surface area contributed by atoms with E-state index in [0.29, 0.717) is 12.2 Å². The van der Waals surface area contributed by atoms with Crippen molar-refractivity contribution < 1.29 is 9.47 Å². The second-order valence-electron chi connectivity index (χ2n) is 4.52. The fourth-order valence-corrected chi connectivity index (χ4v) is 2.51. The lowest BCUT2D eigenvalue weighted by molar-refractivity contribution is 0.338. The smallest absolute Gasteiger partial charge is 0.133 e. The van der Waals surface area contributed by atoms with Gasteiger partial charge in [0, 0.05) is 0 Å². The molecule has 3 nitrogen and oxygen atoms in total. The van der Waals surface area contributed by atoms with Crippen LogP contribution in [0, 0.1) is 11.3 Å². The van der Waals surface area contributed by atoms with E-state index in [4.69, 9.17) is 9.47 Å². The van der Waals surface area contributed by atoms with Crippen molar-refractivity contribution in [2.24, 2.45) is 0 Å². The molecule has 0 heterocycles. The maximum atomic E-state index is 9.39. The summed E-state index contributed by atoms with van der Waals surface area (Å²) in [4.78, 5) is 0. The average Bonchev–Trinajstić information content (AvgIpc) is 2.55. The van der Waals surface area contributed by atoms with Crippen molar-refractivity contribution in [3.8, 4) is 17.6 Å². The molecule has 22 heavy (non-hydrogen) atoms. The van der Waals surface area contributed by atoms with Crippen LogP contribution in [0.1, 0.15) is 18.1 Å². The zero-order valence-electron chi connectivity index (χ0n) is 12.5. The summed E-state index contributed by atoms with van der Waals surface area (Å²) in [6.07, 6.45) is 1.85. The van der Waals surface area contributed by atoms with Gasteiger partial charge in [-0.1, -0.05) is 6.07 Å². The third-order valence-corrected chi connectivity index (χ3v) is 3.71. The Balaban J connectivity index is 2.32. The van der Waals surface area contributed by atoms with E-state index in [0.717, 1.165) is 27.1 Å². The molecule has 0 spiro atoms. The Hall–Kier alpha value is -2.25. The summed E-state index contributed by atoms with van der Waals surface area (Å²) in [7, 11) is 1.62. The number of benzene rings is 2. The molecule has 0 amide bonds. The Labute approximate surface area is 138 Å². The van der Waals surface area contributed by atoms with E-state index in [1.54, 1.807) is 7.11 Å². The first kappa shape index (κ1) is 16.1. The molecule has 0 N–H and O–H groups in total. The molecule has 0 aliphatic rings. The van der Waals surface area contributed by atoms with Crippen LogP contribution in [0.25, 0.3) is 11.6 Å². The zero-order chi connectivity index (χ0) is 15.9. The molecule has 2 aromatic rings. The number of hydrogen-bond donors (Lipinski definition) is 0. The van der Waals surface area contributed by atoms with Gasteiger partial charge < -0.3 is 9.47 Å². The Morgan fingerprint density at radius 1 is 1.23 bits per heavy atom. The van der Waals surface area contributed by atoms with Crippen LogP contribution in [-0.4, -0.2) is 13.7 Å². The minimum Gasteiger partial charge on any atom is -0.497 e. The summed E-state index contributed by atoms with van der Waals surface area (Å²) in [5, 5.41) is 9.39. The fourth-order valence-electron chi connectivity index (χ4n) is 2.00. The highest BCUT2D eigenvalue weighted by Gasteiger charge is 2.04. The quantitative estimate of drug-likeness (QED) is 0.563. The van der Waals surface area contributed by atoms with Gasteiger partial charge in [-0.25, -0.2) is 0 Å². The summed E-state index contributed by atoms with van der Waals surface area (Å²) in [6, 6.07) is 15.4. The van der Waals surface area contributed by atoms with Crippen molar-refractivity contribution in [3.05, 3.63) is 58.1 Å². The third-order valence-electron chi connectivity index (χ3n) is 3.09. The number of halogens is 1. The van der Waals surface area contributed by atoms with Gasteiger partial charge in [-0.15, -0.1) is 0 Å². The topological polar surface area (TPSA) is 42.2 Å². The first-order valence-electron chi connectivity index (χ1n) is 6.86. The minimum absolute atomic E-state index is 0.596. The maximum absolute atomic E-state index is 9.39. The van der Waals surface area contributed by atoms with Crippen molar-refractivity contribution in [2.45, 2.75) is 6.92 Å². The van der Waals surface area contributed by atoms with Crippen molar-refractivity contribution >= 4 is 27.6 Å². The van der Waals surface area contributed by atoms with Gasteiger partial charge in [0.1, 0.15) is 11.5 Å². The monoisotopic (exact) mass is 357 g/mol. The van der Waals surface area contributed by atoms with E-state index < -0.39 is 0 Å². The predicted molar refractivity (Wildman–Crippen MR) is 91.8 cm³/mol. The number of nitrogens with zero attached hydrogens (tertiary/aromatic N) is 1. The summed E-state index contributed by atoms with van der Waals surface area (Å²) >= 11 is 3.48. The van der Waals surface area contributed by atoms with Crippen LogP contribution in [0.3, 0.4) is 0 Å². The van der Waals surface area contributed by atoms with Gasteiger partial charge in [-0.2, -0.15) is 5.26 Å². The van der Waals surface area contributed by atoms with Crippen molar-refractivity contribution in [2.75, 3.05) is 13.7 Å². The Morgan fingerprint density at radius 3 is 2.50 bits per heavy atom. The molecule has 4 heteroatoms. The SMILES string of the molecule is CCOc1ccc(/C=C(\C#N)c2ccc(OC)cc2)cc1Br. The van der Waals surface area contributed by atoms with Gasteiger partial charge in [0.2, 0.25) is 0 Å². The molecule has 0 aliphatic heterocycles. The third kappa shape index (κ3) is 3.90. The molecule has 0 unspecified atom stereocenters. The fraction of sp³-hybridized carbons (Fsp3) is 0.167. The molecule has 0 saturated heterocycles. The van der Waals surface area contributed by atoms with Gasteiger partial charge in [0.15, 0.2) is 0 Å². The van der Waals surface area contributed by atoms with Crippen LogP contribution >= 0.6 is 15.9 Å². The molecule has 2 rings (SSSR count). The molecule has 0 aliphatic carbocycles. The Morgan fingerprint density at radius 2 is 1.95 bits per heavy atom. The highest BCUT2D eigenvalue weighted by molar-refractivity contribution is 9.10. The summed E-state index contributed by atoms with van der Waals surface area (Å²) in [5.74, 6) is 1.56. The second-order valence-corrected chi connectivity index (χ2v) is 5.38. The van der Waals surface area contributed by atoms with Crippen LogP contribution in [-0.2, 0) is 0 Å². The standard InChI is InChI=1S/C18H16BrNO2/c1-3-22-18-9-4-13(11-17(18)19)10-15(12-20)14-5-7-16(21-2)8-6-14/h4-11H,3H2,1-2H3/b15-10+. The van der Waals surface area contributed by atoms with Gasteiger partial charge in [-0.3, -0.25) is 0 Å². The molecule has 0 aromatic heterocycles. The van der Waals surface area contributed by atoms with Crippen molar-refractivity contribution in [3.63, 3.8) is 0 Å². The molecule has 0 atom stereocenters. The summed E-state index contributed by atoms with van der Waals surface area (Å²) in [5.41, 5.74) is 2.38. The molecular formula is C18H16BrNO2. The molecule has 112 valence electrons. The van der Waals surface area contributed by atoms with Crippen LogP contribution < -0.4 is 9.47 Å². The summed E-state index contributed by atoms with van der Waals surface area (Å²) < 4.78 is 11.5. The molecule has 0 bridgehead atoms. The van der Waals surface area contributed by atoms with Crippen molar-refractivity contribution in [1.82, 2.24) is 0 Å². The molecule has 0 fully saturated rings. The number of methoxy groups -OCH3 is 1. The van der Waals surface area contributed by atoms with Crippen LogP contribution in [0.4, 0.5) is 0 Å². The number of rotatable bonds is 5. The van der Waals surface area contributed by atoms with Gasteiger partial charge in [-0.05, 0) is 76.5 Å². The van der Waals surface area contributed by atoms with E-state index in [9.17, 15) is 5.26 Å². The first-order chi connectivity index (χ1) is 10.7. The summed E-state index contributed by atoms with van der Waals surface area (Å²) in [6.45, 7) is 2.56. The lowest BCUT2D eigenvalue weighted by Crippen LogP contribution is -1.92. The molecule has 2 aromatic carbocycles. The van der Waals surface area contributed by atoms with Gasteiger partial charge >= 0.3 is 0 Å².